The van der Waals surface area contributed by atoms with E-state index in [1.54, 1.807) is 30.3 Å². The van der Waals surface area contributed by atoms with E-state index in [1.807, 2.05) is 60.7 Å². The summed E-state index contributed by atoms with van der Waals surface area (Å²) in [6, 6.07) is 24.9. The van der Waals surface area contributed by atoms with Crippen molar-refractivity contribution in [2.75, 3.05) is 6.61 Å². The molecule has 5 atom stereocenters. The van der Waals surface area contributed by atoms with Crippen molar-refractivity contribution in [1.29, 1.82) is 0 Å². The second-order valence-corrected chi connectivity index (χ2v) is 8.64. The number of ether oxygens (including phenoxy) is 1. The van der Waals surface area contributed by atoms with Crippen LogP contribution in [0.5, 0.6) is 0 Å². The van der Waals surface area contributed by atoms with Crippen molar-refractivity contribution in [2.24, 2.45) is 5.73 Å². The summed E-state index contributed by atoms with van der Waals surface area (Å²) in [6.07, 6.45) is -6.71. The SMILES string of the molecule is Cl.N[C@H](CO)[C@@H](O)[C@@H](O)[C@H](O)C(=O)N[C@@H](CC(=O)OC(c1ccccc1)c1ccccc1)c1ccccc1. The Balaban J connectivity index is 0.00000507. The molecule has 7 N–H and O–H groups in total. The smallest absolute Gasteiger partial charge is 0.309 e. The Hall–Kier alpha value is -3.31. The van der Waals surface area contributed by atoms with Crippen LogP contribution in [-0.2, 0) is 14.3 Å². The second kappa shape index (κ2) is 15.2. The molecule has 3 aromatic rings. The molecule has 0 aliphatic carbocycles. The molecule has 9 nitrogen and oxygen atoms in total. The Bertz CT molecular complexity index is 1080. The van der Waals surface area contributed by atoms with Gasteiger partial charge in [-0.05, 0) is 16.7 Å². The summed E-state index contributed by atoms with van der Waals surface area (Å²) in [6.45, 7) is -0.658. The third-order valence-corrected chi connectivity index (χ3v) is 5.93. The van der Waals surface area contributed by atoms with Gasteiger partial charge in [0.1, 0.15) is 12.2 Å². The lowest BCUT2D eigenvalue weighted by Crippen LogP contribution is -2.54. The van der Waals surface area contributed by atoms with Crippen molar-refractivity contribution in [2.45, 2.75) is 42.9 Å². The van der Waals surface area contributed by atoms with E-state index in [1.165, 1.54) is 0 Å². The van der Waals surface area contributed by atoms with Crippen LogP contribution in [0.15, 0.2) is 91.0 Å². The van der Waals surface area contributed by atoms with Crippen molar-refractivity contribution in [3.05, 3.63) is 108 Å². The highest BCUT2D eigenvalue weighted by molar-refractivity contribution is 5.85. The molecule has 0 heterocycles. The van der Waals surface area contributed by atoms with E-state index in [-0.39, 0.29) is 18.8 Å². The van der Waals surface area contributed by atoms with Crippen molar-refractivity contribution < 1.29 is 34.8 Å². The average Bonchev–Trinajstić information content (AvgIpc) is 2.95. The number of aliphatic hydroxyl groups excluding tert-OH is 4. The van der Waals surface area contributed by atoms with E-state index in [9.17, 15) is 24.9 Å². The number of carbonyl (C=O) groups is 2. The van der Waals surface area contributed by atoms with Crippen LogP contribution in [0.3, 0.4) is 0 Å². The first-order valence-electron chi connectivity index (χ1n) is 11.9. The van der Waals surface area contributed by atoms with Crippen LogP contribution in [0.25, 0.3) is 0 Å². The Morgan fingerprint density at radius 2 is 1.21 bits per heavy atom. The number of halogens is 1. The highest BCUT2D eigenvalue weighted by Gasteiger charge is 2.35. The van der Waals surface area contributed by atoms with Gasteiger partial charge < -0.3 is 36.2 Å². The molecule has 1 amide bonds. The van der Waals surface area contributed by atoms with Gasteiger partial charge >= 0.3 is 5.97 Å². The van der Waals surface area contributed by atoms with Crippen LogP contribution in [0.2, 0.25) is 0 Å². The topological polar surface area (TPSA) is 162 Å². The number of rotatable bonds is 12. The fourth-order valence-electron chi connectivity index (χ4n) is 3.83. The van der Waals surface area contributed by atoms with Gasteiger partial charge in [-0.15, -0.1) is 12.4 Å². The maximum atomic E-state index is 13.1. The zero-order valence-electron chi connectivity index (χ0n) is 20.5. The first kappa shape index (κ1) is 30.9. The quantitative estimate of drug-likeness (QED) is 0.186. The molecule has 0 aliphatic heterocycles. The molecule has 0 radical (unpaired) electrons. The molecule has 3 rings (SSSR count). The predicted molar refractivity (Wildman–Crippen MR) is 143 cm³/mol. The molecule has 3 aromatic carbocycles. The number of carbonyl (C=O) groups excluding carboxylic acids is 2. The molecular formula is C28H33ClN2O7. The number of nitrogens with one attached hydrogen (secondary N) is 1. The Kier molecular flexibility index (Phi) is 12.4. The minimum absolute atomic E-state index is 0. The summed E-state index contributed by atoms with van der Waals surface area (Å²) in [5.41, 5.74) is 7.61. The summed E-state index contributed by atoms with van der Waals surface area (Å²) < 4.78 is 5.86. The van der Waals surface area contributed by atoms with Gasteiger partial charge in [-0.25, -0.2) is 0 Å². The lowest BCUT2D eigenvalue weighted by molar-refractivity contribution is -0.149. The number of nitrogens with two attached hydrogens (primary N) is 1. The fraction of sp³-hybridized carbons (Fsp3) is 0.286. The number of aliphatic hydroxyl groups is 4. The number of esters is 1. The van der Waals surface area contributed by atoms with E-state index in [0.29, 0.717) is 5.56 Å². The van der Waals surface area contributed by atoms with Gasteiger partial charge in [-0.1, -0.05) is 91.0 Å². The van der Waals surface area contributed by atoms with Crippen molar-refractivity contribution in [3.63, 3.8) is 0 Å². The van der Waals surface area contributed by atoms with E-state index < -0.39 is 55.0 Å². The van der Waals surface area contributed by atoms with Gasteiger partial charge in [0, 0.05) is 0 Å². The number of benzene rings is 3. The largest absolute Gasteiger partial charge is 0.452 e. The predicted octanol–water partition coefficient (Wildman–Crippen LogP) is 1.39. The van der Waals surface area contributed by atoms with Crippen molar-refractivity contribution in [1.82, 2.24) is 5.32 Å². The van der Waals surface area contributed by atoms with Crippen LogP contribution in [-0.4, -0.2) is 63.3 Å². The first-order chi connectivity index (χ1) is 17.8. The van der Waals surface area contributed by atoms with E-state index >= 15 is 0 Å². The molecule has 0 spiro atoms. The fourth-order valence-corrected chi connectivity index (χ4v) is 3.83. The highest BCUT2D eigenvalue weighted by Crippen LogP contribution is 2.28. The van der Waals surface area contributed by atoms with Gasteiger partial charge in [0.25, 0.3) is 5.91 Å². The lowest BCUT2D eigenvalue weighted by Gasteiger charge is -2.27. The minimum atomic E-state index is -2.06. The molecular weight excluding hydrogens is 512 g/mol. The average molecular weight is 545 g/mol. The van der Waals surface area contributed by atoms with Gasteiger partial charge in [-0.2, -0.15) is 0 Å². The van der Waals surface area contributed by atoms with E-state index in [0.717, 1.165) is 11.1 Å². The standard InChI is InChI=1S/C28H32N2O7.ClH/c29-21(17-31)24(33)25(34)26(35)28(36)30-22(18-10-4-1-5-11-18)16-23(32)37-27(19-12-6-2-7-13-19)20-14-8-3-9-15-20;/h1-15,21-22,24-27,31,33-35H,16-17,29H2,(H,30,36);1H/t21-,22+,24-,25-,26+;/m1./s1. The molecule has 0 aliphatic rings. The third-order valence-electron chi connectivity index (χ3n) is 5.93. The molecule has 0 bridgehead atoms. The molecule has 0 unspecified atom stereocenters. The van der Waals surface area contributed by atoms with Crippen molar-refractivity contribution >= 4 is 24.3 Å². The van der Waals surface area contributed by atoms with Gasteiger partial charge in [0.05, 0.1) is 25.1 Å². The molecule has 0 aromatic heterocycles. The molecule has 0 saturated carbocycles. The third kappa shape index (κ3) is 8.35. The van der Waals surface area contributed by atoms with E-state index in [2.05, 4.69) is 5.32 Å². The zero-order chi connectivity index (χ0) is 26.8. The summed E-state index contributed by atoms with van der Waals surface area (Å²) in [7, 11) is 0. The Labute approximate surface area is 227 Å². The maximum Gasteiger partial charge on any atom is 0.309 e. The van der Waals surface area contributed by atoms with Crippen LogP contribution >= 0.6 is 12.4 Å². The summed E-state index contributed by atoms with van der Waals surface area (Å²) in [4.78, 5) is 25.9. The maximum absolute atomic E-state index is 13.1. The molecule has 0 saturated heterocycles. The Morgan fingerprint density at radius 3 is 1.66 bits per heavy atom. The summed E-state index contributed by atoms with van der Waals surface area (Å²) >= 11 is 0. The van der Waals surface area contributed by atoms with Crippen LogP contribution in [0, 0.1) is 0 Å². The molecule has 0 fully saturated rings. The molecule has 204 valence electrons. The summed E-state index contributed by atoms with van der Waals surface area (Å²) in [5, 5.41) is 42.0. The van der Waals surface area contributed by atoms with E-state index in [4.69, 9.17) is 15.6 Å². The van der Waals surface area contributed by atoms with Crippen LogP contribution in [0.1, 0.15) is 35.3 Å². The van der Waals surface area contributed by atoms with Crippen LogP contribution in [0.4, 0.5) is 0 Å². The first-order valence-corrected chi connectivity index (χ1v) is 11.9. The van der Waals surface area contributed by atoms with Gasteiger partial charge in [-0.3, -0.25) is 9.59 Å². The number of hydrogen-bond acceptors (Lipinski definition) is 8. The highest BCUT2D eigenvalue weighted by atomic mass is 35.5. The second-order valence-electron chi connectivity index (χ2n) is 8.64. The molecule has 38 heavy (non-hydrogen) atoms. The number of amides is 1. The Morgan fingerprint density at radius 1 is 0.763 bits per heavy atom. The normalized spacial score (nSPS) is 14.9. The van der Waals surface area contributed by atoms with Gasteiger partial charge in [0.15, 0.2) is 12.2 Å². The van der Waals surface area contributed by atoms with Crippen molar-refractivity contribution in [3.8, 4) is 0 Å². The lowest BCUT2D eigenvalue weighted by atomic mass is 9.99. The number of hydrogen-bond donors (Lipinski definition) is 6. The van der Waals surface area contributed by atoms with Gasteiger partial charge in [0.2, 0.25) is 0 Å². The molecule has 10 heteroatoms. The zero-order valence-corrected chi connectivity index (χ0v) is 21.4. The van der Waals surface area contributed by atoms with Crippen LogP contribution < -0.4 is 11.1 Å². The monoisotopic (exact) mass is 544 g/mol. The minimum Gasteiger partial charge on any atom is -0.452 e. The summed E-state index contributed by atoms with van der Waals surface area (Å²) in [5.74, 6) is -1.63.